The molecule has 6 nitrogen and oxygen atoms in total. The van der Waals surface area contributed by atoms with Gasteiger partial charge in [-0.25, -0.2) is 0 Å². The van der Waals surface area contributed by atoms with Gasteiger partial charge in [0, 0.05) is 19.3 Å². The third-order valence-electron chi connectivity index (χ3n) is 15.2. The summed E-state index contributed by atoms with van der Waals surface area (Å²) in [6.45, 7) is 6.52. The topological polar surface area (TPSA) is 78.9 Å². The van der Waals surface area contributed by atoms with Gasteiger partial charge >= 0.3 is 17.9 Å². The average Bonchev–Trinajstić information content (AvgIpc) is 3.49. The molecule has 0 spiro atoms. The number of carbonyl (C=O) groups is 3. The predicted molar refractivity (Wildman–Crippen MR) is 362 cm³/mol. The molecule has 0 aliphatic heterocycles. The standard InChI is InChI=1S/C77H132O6/c1-4-7-10-13-16-19-22-25-28-31-34-36-37-38-39-41-43-46-49-52-55-58-61-64-67-70-76(79)82-73-74(72-81-75(78)69-66-63-60-57-54-51-48-45-42-33-30-27-24-21-18-15-12-9-6-3)83-77(80)71-68-65-62-59-56-53-50-47-44-40-35-32-29-26-23-20-17-14-11-8-5-2/h9,12,18,21-22,25,27,30-32,34-35,37-38,42,45,51,54,74H,4-8,10-11,13-17,19-20,23-24,26,28-29,33,36,39-41,43-44,46-50,52-53,55-73H2,1-3H3/b12-9-,21-18-,25-22-,30-27-,34-31-,35-32-,38-37-,45-42-,54-51-. The maximum absolute atomic E-state index is 13.0. The Morgan fingerprint density at radius 2 is 0.470 bits per heavy atom. The SMILES string of the molecule is CC/C=C\C/C=C\C/C=C\C/C=C\C/C=C\CCCCCC(=O)OCC(COC(=O)CCCCCCCCCCCC/C=C\C/C=C\C/C=C\CCCCCCC)OC(=O)CCCCCCCCCCC/C=C\CCCCCCCCCC. The lowest BCUT2D eigenvalue weighted by molar-refractivity contribution is -0.167. The number of hydrogen-bond donors (Lipinski definition) is 0. The molecule has 0 heterocycles. The fourth-order valence-electron chi connectivity index (χ4n) is 9.94. The lowest BCUT2D eigenvalue weighted by atomic mass is 10.0. The molecule has 0 rings (SSSR count). The van der Waals surface area contributed by atoms with Gasteiger partial charge in [-0.15, -0.1) is 0 Å². The predicted octanol–water partition coefficient (Wildman–Crippen LogP) is 24.6. The highest BCUT2D eigenvalue weighted by molar-refractivity contribution is 5.71. The zero-order valence-corrected chi connectivity index (χ0v) is 54.7. The van der Waals surface area contributed by atoms with E-state index in [0.29, 0.717) is 19.3 Å². The maximum atomic E-state index is 13.0. The van der Waals surface area contributed by atoms with Gasteiger partial charge in [0.25, 0.3) is 0 Å². The molecule has 0 saturated heterocycles. The Bertz CT molecular complexity index is 1660. The lowest BCUT2D eigenvalue weighted by Gasteiger charge is -2.18. The number of esters is 3. The van der Waals surface area contributed by atoms with Gasteiger partial charge in [0.1, 0.15) is 13.2 Å². The van der Waals surface area contributed by atoms with E-state index in [1.165, 1.54) is 193 Å². The van der Waals surface area contributed by atoms with Crippen LogP contribution < -0.4 is 0 Å². The van der Waals surface area contributed by atoms with E-state index in [1.807, 2.05) is 0 Å². The molecular weight excluding hydrogens is 1020 g/mol. The largest absolute Gasteiger partial charge is 0.462 e. The van der Waals surface area contributed by atoms with E-state index < -0.39 is 6.10 Å². The Kier molecular flexibility index (Phi) is 67.2. The second-order valence-electron chi connectivity index (χ2n) is 23.4. The van der Waals surface area contributed by atoms with Crippen molar-refractivity contribution in [2.45, 2.75) is 348 Å². The Balaban J connectivity index is 4.42. The quantitative estimate of drug-likeness (QED) is 0.0261. The summed E-state index contributed by atoms with van der Waals surface area (Å²) in [4.78, 5) is 38.5. The van der Waals surface area contributed by atoms with Gasteiger partial charge in [-0.3, -0.25) is 14.4 Å². The number of allylic oxidation sites excluding steroid dienone is 18. The van der Waals surface area contributed by atoms with Crippen molar-refractivity contribution in [1.29, 1.82) is 0 Å². The molecule has 0 radical (unpaired) electrons. The van der Waals surface area contributed by atoms with Crippen LogP contribution in [0.3, 0.4) is 0 Å². The Hall–Kier alpha value is -3.93. The van der Waals surface area contributed by atoms with Crippen LogP contribution >= 0.6 is 0 Å². The molecule has 83 heavy (non-hydrogen) atoms. The maximum Gasteiger partial charge on any atom is 0.306 e. The summed E-state index contributed by atoms with van der Waals surface area (Å²) in [6, 6.07) is 0. The number of ether oxygens (including phenoxy) is 3. The van der Waals surface area contributed by atoms with E-state index in [1.54, 1.807) is 0 Å². The molecule has 0 bridgehead atoms. The van der Waals surface area contributed by atoms with Gasteiger partial charge in [-0.2, -0.15) is 0 Å². The van der Waals surface area contributed by atoms with E-state index >= 15 is 0 Å². The molecule has 0 aliphatic carbocycles. The van der Waals surface area contributed by atoms with Gasteiger partial charge in [0.05, 0.1) is 0 Å². The minimum absolute atomic E-state index is 0.0915. The van der Waals surface area contributed by atoms with Gasteiger partial charge < -0.3 is 14.2 Å². The molecule has 0 N–H and O–H groups in total. The second-order valence-corrected chi connectivity index (χ2v) is 23.4. The number of unbranched alkanes of at least 4 members (excludes halogenated alkanes) is 35. The fraction of sp³-hybridized carbons (Fsp3) is 0.727. The van der Waals surface area contributed by atoms with Crippen LogP contribution in [0.2, 0.25) is 0 Å². The first kappa shape index (κ1) is 79.1. The summed E-state index contributed by atoms with van der Waals surface area (Å²) in [5.41, 5.74) is 0. The third-order valence-corrected chi connectivity index (χ3v) is 15.2. The van der Waals surface area contributed by atoms with Crippen molar-refractivity contribution in [3.63, 3.8) is 0 Å². The fourth-order valence-corrected chi connectivity index (χ4v) is 9.94. The van der Waals surface area contributed by atoms with Crippen molar-refractivity contribution < 1.29 is 28.6 Å². The van der Waals surface area contributed by atoms with Crippen molar-refractivity contribution in [2.75, 3.05) is 13.2 Å². The van der Waals surface area contributed by atoms with Crippen LogP contribution in [0.5, 0.6) is 0 Å². The van der Waals surface area contributed by atoms with Gasteiger partial charge in [-0.05, 0) is 128 Å². The summed E-state index contributed by atoms with van der Waals surface area (Å²) >= 11 is 0. The molecule has 0 fully saturated rings. The zero-order valence-electron chi connectivity index (χ0n) is 54.7. The average molecular weight is 1150 g/mol. The minimum Gasteiger partial charge on any atom is -0.462 e. The molecule has 0 amide bonds. The molecule has 0 aliphatic rings. The van der Waals surface area contributed by atoms with Crippen LogP contribution in [0.15, 0.2) is 109 Å². The lowest BCUT2D eigenvalue weighted by Crippen LogP contribution is -2.30. The molecule has 0 aromatic carbocycles. The first-order valence-corrected chi connectivity index (χ1v) is 35.4. The van der Waals surface area contributed by atoms with E-state index in [-0.39, 0.29) is 31.1 Å². The Labute approximate surface area is 514 Å². The van der Waals surface area contributed by atoms with E-state index in [9.17, 15) is 14.4 Å². The van der Waals surface area contributed by atoms with Crippen LogP contribution in [0.4, 0.5) is 0 Å². The zero-order chi connectivity index (χ0) is 59.9. The molecule has 6 heteroatoms. The summed E-state index contributed by atoms with van der Waals surface area (Å²) in [6.07, 6.45) is 96.8. The number of hydrogen-bond acceptors (Lipinski definition) is 6. The van der Waals surface area contributed by atoms with Crippen LogP contribution in [0.25, 0.3) is 0 Å². The molecular formula is C77H132O6. The van der Waals surface area contributed by atoms with Crippen LogP contribution in [0.1, 0.15) is 342 Å². The van der Waals surface area contributed by atoms with Gasteiger partial charge in [-0.1, -0.05) is 304 Å². The van der Waals surface area contributed by atoms with Crippen molar-refractivity contribution >= 4 is 17.9 Å². The normalized spacial score (nSPS) is 12.8. The highest BCUT2D eigenvalue weighted by atomic mass is 16.6. The van der Waals surface area contributed by atoms with Crippen LogP contribution in [0, 0.1) is 0 Å². The summed E-state index contributed by atoms with van der Waals surface area (Å²) < 4.78 is 17.0. The molecule has 0 saturated carbocycles. The molecule has 0 aromatic heterocycles. The van der Waals surface area contributed by atoms with E-state index in [4.69, 9.17) is 14.2 Å². The van der Waals surface area contributed by atoms with Crippen LogP contribution in [-0.4, -0.2) is 37.2 Å². The molecule has 1 atom stereocenters. The van der Waals surface area contributed by atoms with Gasteiger partial charge in [0.15, 0.2) is 6.10 Å². The second kappa shape index (κ2) is 70.6. The number of rotatable bonds is 64. The van der Waals surface area contributed by atoms with Crippen molar-refractivity contribution in [2.24, 2.45) is 0 Å². The molecule has 1 unspecified atom stereocenters. The van der Waals surface area contributed by atoms with Gasteiger partial charge in [0.2, 0.25) is 0 Å². The molecule has 476 valence electrons. The van der Waals surface area contributed by atoms with E-state index in [2.05, 4.69) is 130 Å². The summed E-state index contributed by atoms with van der Waals surface area (Å²) in [5.74, 6) is -0.917. The van der Waals surface area contributed by atoms with Crippen molar-refractivity contribution in [3.8, 4) is 0 Å². The summed E-state index contributed by atoms with van der Waals surface area (Å²) in [7, 11) is 0. The Morgan fingerprint density at radius 3 is 0.759 bits per heavy atom. The molecule has 0 aromatic rings. The van der Waals surface area contributed by atoms with Crippen molar-refractivity contribution in [1.82, 2.24) is 0 Å². The highest BCUT2D eigenvalue weighted by Gasteiger charge is 2.19. The van der Waals surface area contributed by atoms with E-state index in [0.717, 1.165) is 109 Å². The third kappa shape index (κ3) is 68.7. The van der Waals surface area contributed by atoms with Crippen LogP contribution in [-0.2, 0) is 28.6 Å². The highest BCUT2D eigenvalue weighted by Crippen LogP contribution is 2.16. The first-order chi connectivity index (χ1) is 41.0. The number of carbonyl (C=O) groups excluding carboxylic acids is 3. The van der Waals surface area contributed by atoms with Crippen molar-refractivity contribution in [3.05, 3.63) is 109 Å². The monoisotopic (exact) mass is 1150 g/mol. The minimum atomic E-state index is -0.799. The smallest absolute Gasteiger partial charge is 0.306 e. The Morgan fingerprint density at radius 1 is 0.253 bits per heavy atom. The summed E-state index contributed by atoms with van der Waals surface area (Å²) in [5, 5.41) is 0. The first-order valence-electron chi connectivity index (χ1n) is 35.4.